The Kier molecular flexibility index (Phi) is 4.19. The molecule has 3 nitrogen and oxygen atoms in total. The van der Waals surface area contributed by atoms with Crippen molar-refractivity contribution in [2.45, 2.75) is 13.0 Å². The largest absolute Gasteiger partial charge is 0.354 e. The molecule has 3 aromatic rings. The molecular formula is C18H17FN2O. The Morgan fingerprint density at radius 1 is 1.05 bits per heavy atom. The number of nitrogens with zero attached hydrogens (tertiary/aromatic N) is 1. The van der Waals surface area contributed by atoms with E-state index in [9.17, 15) is 9.18 Å². The lowest BCUT2D eigenvalue weighted by Gasteiger charge is -2.08. The minimum absolute atomic E-state index is 0.0527. The van der Waals surface area contributed by atoms with Gasteiger partial charge in [0.2, 0.25) is 5.91 Å². The van der Waals surface area contributed by atoms with Crippen molar-refractivity contribution in [1.29, 1.82) is 0 Å². The molecule has 0 aliphatic heterocycles. The molecule has 112 valence electrons. The first-order valence-electron chi connectivity index (χ1n) is 7.27. The molecule has 0 unspecified atom stereocenters. The molecule has 1 N–H and O–H groups in total. The van der Waals surface area contributed by atoms with Crippen molar-refractivity contribution in [3.05, 3.63) is 72.2 Å². The fourth-order valence-electron chi connectivity index (χ4n) is 2.50. The standard InChI is InChI=1S/C18H17FN2O/c19-16-7-5-14(6-8-16)13-18(22)20-10-12-21-11-9-15-3-1-2-4-17(15)21/h1-9,11H,10,12-13H2,(H,20,22). The van der Waals surface area contributed by atoms with Crippen LogP contribution in [0.1, 0.15) is 5.56 Å². The summed E-state index contributed by atoms with van der Waals surface area (Å²) < 4.78 is 14.9. The van der Waals surface area contributed by atoms with E-state index in [1.165, 1.54) is 17.5 Å². The van der Waals surface area contributed by atoms with Crippen molar-refractivity contribution in [3.8, 4) is 0 Å². The highest BCUT2D eigenvalue weighted by Crippen LogP contribution is 2.14. The fourth-order valence-corrected chi connectivity index (χ4v) is 2.50. The van der Waals surface area contributed by atoms with Gasteiger partial charge >= 0.3 is 0 Å². The van der Waals surface area contributed by atoms with Crippen LogP contribution in [0.4, 0.5) is 4.39 Å². The van der Waals surface area contributed by atoms with Crippen molar-refractivity contribution in [2.24, 2.45) is 0 Å². The molecule has 4 heteroatoms. The third-order valence-electron chi connectivity index (χ3n) is 3.63. The van der Waals surface area contributed by atoms with Gasteiger partial charge in [-0.2, -0.15) is 0 Å². The molecule has 1 amide bonds. The zero-order valence-electron chi connectivity index (χ0n) is 12.1. The Balaban J connectivity index is 1.52. The maximum Gasteiger partial charge on any atom is 0.224 e. The molecule has 0 saturated heterocycles. The topological polar surface area (TPSA) is 34.0 Å². The van der Waals surface area contributed by atoms with Crippen molar-refractivity contribution < 1.29 is 9.18 Å². The molecule has 0 aliphatic carbocycles. The maximum atomic E-state index is 12.8. The highest BCUT2D eigenvalue weighted by molar-refractivity contribution is 5.80. The van der Waals surface area contributed by atoms with Crippen LogP contribution in [0.2, 0.25) is 0 Å². The van der Waals surface area contributed by atoms with Gasteiger partial charge < -0.3 is 9.88 Å². The van der Waals surface area contributed by atoms with Crippen LogP contribution in [0.5, 0.6) is 0 Å². The molecule has 1 aromatic heterocycles. The molecule has 1 heterocycles. The second kappa shape index (κ2) is 6.43. The molecule has 22 heavy (non-hydrogen) atoms. The number of nitrogens with one attached hydrogen (secondary N) is 1. The fraction of sp³-hybridized carbons (Fsp3) is 0.167. The van der Waals surface area contributed by atoms with E-state index in [0.29, 0.717) is 6.54 Å². The zero-order chi connectivity index (χ0) is 15.4. The molecule has 0 spiro atoms. The molecule has 2 aromatic carbocycles. The first-order valence-corrected chi connectivity index (χ1v) is 7.27. The second-order valence-electron chi connectivity index (χ2n) is 5.22. The predicted molar refractivity (Wildman–Crippen MR) is 85.1 cm³/mol. The number of halogens is 1. The van der Waals surface area contributed by atoms with Crippen LogP contribution >= 0.6 is 0 Å². The normalized spacial score (nSPS) is 10.8. The van der Waals surface area contributed by atoms with Crippen LogP contribution in [-0.2, 0) is 17.8 Å². The molecule has 0 bridgehead atoms. The van der Waals surface area contributed by atoms with E-state index in [1.807, 2.05) is 18.3 Å². The Labute approximate surface area is 128 Å². The summed E-state index contributed by atoms with van der Waals surface area (Å²) in [5.74, 6) is -0.341. The number of hydrogen-bond donors (Lipinski definition) is 1. The lowest BCUT2D eigenvalue weighted by molar-refractivity contribution is -0.120. The van der Waals surface area contributed by atoms with Gasteiger partial charge in [-0.15, -0.1) is 0 Å². The molecule has 0 saturated carbocycles. The van der Waals surface area contributed by atoms with E-state index < -0.39 is 0 Å². The molecule has 3 rings (SSSR count). The first-order chi connectivity index (χ1) is 10.7. The van der Waals surface area contributed by atoms with E-state index in [1.54, 1.807) is 12.1 Å². The summed E-state index contributed by atoms with van der Waals surface area (Å²) in [7, 11) is 0. The quantitative estimate of drug-likeness (QED) is 0.771. The minimum Gasteiger partial charge on any atom is -0.354 e. The van der Waals surface area contributed by atoms with Crippen molar-refractivity contribution in [2.75, 3.05) is 6.54 Å². The highest BCUT2D eigenvalue weighted by Gasteiger charge is 2.04. The van der Waals surface area contributed by atoms with Crippen LogP contribution in [0.15, 0.2) is 60.8 Å². The molecule has 0 aliphatic rings. The summed E-state index contributed by atoms with van der Waals surface area (Å²) in [5.41, 5.74) is 1.97. The van der Waals surface area contributed by atoms with Crippen LogP contribution in [0, 0.1) is 5.82 Å². The summed E-state index contributed by atoms with van der Waals surface area (Å²) in [6.07, 6.45) is 2.30. The predicted octanol–water partition coefficient (Wildman–Crippen LogP) is 3.14. The number of fused-ring (bicyclic) bond motifs is 1. The van der Waals surface area contributed by atoms with Gasteiger partial charge in [0.15, 0.2) is 0 Å². The van der Waals surface area contributed by atoms with Gasteiger partial charge in [-0.1, -0.05) is 30.3 Å². The van der Waals surface area contributed by atoms with E-state index >= 15 is 0 Å². The molecule has 0 atom stereocenters. The average molecular weight is 296 g/mol. The summed E-state index contributed by atoms with van der Waals surface area (Å²) >= 11 is 0. The van der Waals surface area contributed by atoms with Gasteiger partial charge in [0.25, 0.3) is 0 Å². The number of carbonyl (C=O) groups excluding carboxylic acids is 1. The third-order valence-corrected chi connectivity index (χ3v) is 3.63. The van der Waals surface area contributed by atoms with Crippen molar-refractivity contribution in [1.82, 2.24) is 9.88 Å². The van der Waals surface area contributed by atoms with Gasteiger partial charge in [0, 0.05) is 24.8 Å². The molecular weight excluding hydrogens is 279 g/mol. The van der Waals surface area contributed by atoms with Gasteiger partial charge in [0.1, 0.15) is 5.82 Å². The summed E-state index contributed by atoms with van der Waals surface area (Å²) in [4.78, 5) is 11.9. The Morgan fingerprint density at radius 3 is 2.64 bits per heavy atom. The van der Waals surface area contributed by atoms with E-state index in [0.717, 1.165) is 17.6 Å². The number of para-hydroxylation sites is 1. The number of amides is 1. The van der Waals surface area contributed by atoms with Gasteiger partial charge in [-0.05, 0) is 35.2 Å². The lowest BCUT2D eigenvalue weighted by atomic mass is 10.1. The Morgan fingerprint density at radius 2 is 1.82 bits per heavy atom. The van der Waals surface area contributed by atoms with Crippen LogP contribution < -0.4 is 5.32 Å². The number of aromatic nitrogens is 1. The molecule has 0 radical (unpaired) electrons. The summed E-state index contributed by atoms with van der Waals surface area (Å²) in [5, 5.41) is 4.09. The van der Waals surface area contributed by atoms with Crippen LogP contribution in [0.3, 0.4) is 0 Å². The zero-order valence-corrected chi connectivity index (χ0v) is 12.1. The van der Waals surface area contributed by atoms with Crippen LogP contribution in [-0.4, -0.2) is 17.0 Å². The number of hydrogen-bond acceptors (Lipinski definition) is 1. The van der Waals surface area contributed by atoms with E-state index in [4.69, 9.17) is 0 Å². The first kappa shape index (κ1) is 14.3. The smallest absolute Gasteiger partial charge is 0.224 e. The Bertz CT molecular complexity index is 777. The van der Waals surface area contributed by atoms with E-state index in [2.05, 4.69) is 28.1 Å². The lowest BCUT2D eigenvalue weighted by Crippen LogP contribution is -2.28. The average Bonchev–Trinajstić information content (AvgIpc) is 2.93. The van der Waals surface area contributed by atoms with Gasteiger partial charge in [-0.25, -0.2) is 4.39 Å². The number of rotatable bonds is 5. The van der Waals surface area contributed by atoms with Crippen molar-refractivity contribution in [3.63, 3.8) is 0 Å². The number of benzene rings is 2. The van der Waals surface area contributed by atoms with Crippen LogP contribution in [0.25, 0.3) is 10.9 Å². The SMILES string of the molecule is O=C(Cc1ccc(F)cc1)NCCn1ccc2ccccc21. The van der Waals surface area contributed by atoms with Gasteiger partial charge in [-0.3, -0.25) is 4.79 Å². The van der Waals surface area contributed by atoms with E-state index in [-0.39, 0.29) is 18.1 Å². The summed E-state index contributed by atoms with van der Waals surface area (Å²) in [6.45, 7) is 1.29. The molecule has 0 fully saturated rings. The summed E-state index contributed by atoms with van der Waals surface area (Å²) in [6, 6.07) is 16.2. The van der Waals surface area contributed by atoms with Crippen molar-refractivity contribution >= 4 is 16.8 Å². The maximum absolute atomic E-state index is 12.8. The third kappa shape index (κ3) is 3.34. The number of carbonyl (C=O) groups is 1. The second-order valence-corrected chi connectivity index (χ2v) is 5.22. The van der Waals surface area contributed by atoms with Gasteiger partial charge in [0.05, 0.1) is 6.42 Å². The monoisotopic (exact) mass is 296 g/mol. The minimum atomic E-state index is -0.288. The highest BCUT2D eigenvalue weighted by atomic mass is 19.1. The Hall–Kier alpha value is -2.62.